The molecule has 0 aromatic heterocycles. The molecule has 2 heterocycles. The molecule has 5 heteroatoms. The molecule has 5 nitrogen and oxygen atoms in total. The molecule has 0 bridgehead atoms. The first kappa shape index (κ1) is 8.93. The molecule has 1 unspecified atom stereocenters. The summed E-state index contributed by atoms with van der Waals surface area (Å²) in [5.74, 6) is 0. The molecule has 0 saturated carbocycles. The van der Waals surface area contributed by atoms with Crippen molar-refractivity contribution in [1.29, 1.82) is 0 Å². The Hall–Kier alpha value is -1.65. The van der Waals surface area contributed by atoms with Gasteiger partial charge in [-0.2, -0.15) is 4.58 Å². The van der Waals surface area contributed by atoms with Gasteiger partial charge in [0, 0.05) is 11.3 Å². The summed E-state index contributed by atoms with van der Waals surface area (Å²) in [6.07, 6.45) is 5.34. The van der Waals surface area contributed by atoms with Crippen molar-refractivity contribution in [3.63, 3.8) is 0 Å². The van der Waals surface area contributed by atoms with Gasteiger partial charge in [0.15, 0.2) is 0 Å². The predicted molar refractivity (Wildman–Crippen MR) is 56.9 cm³/mol. The molecule has 3 N–H and O–H groups in total. The van der Waals surface area contributed by atoms with Gasteiger partial charge < -0.3 is 11.1 Å². The zero-order chi connectivity index (χ0) is 9.97. The molecule has 0 spiro atoms. The minimum atomic E-state index is 0.166. The number of nitrogens with one attached hydrogen (secondary N) is 1. The molecule has 2 rings (SSSR count). The molecular formula is C9H14N5+. The van der Waals surface area contributed by atoms with E-state index in [1.54, 1.807) is 6.34 Å². The van der Waals surface area contributed by atoms with Crippen LogP contribution in [0.15, 0.2) is 21.3 Å². The quantitative estimate of drug-likeness (QED) is 0.353. The van der Waals surface area contributed by atoms with E-state index in [0.717, 1.165) is 12.2 Å². The molecule has 74 valence electrons. The van der Waals surface area contributed by atoms with E-state index in [0.29, 0.717) is 6.54 Å². The second kappa shape index (κ2) is 3.61. The van der Waals surface area contributed by atoms with Crippen LogP contribution in [-0.2, 0) is 0 Å². The number of nitrogens with zero attached hydrogens (tertiary/aromatic N) is 3. The molecule has 0 fully saturated rings. The van der Waals surface area contributed by atoms with E-state index in [1.165, 1.54) is 11.9 Å². The van der Waals surface area contributed by atoms with Gasteiger partial charge in [-0.15, -0.1) is 0 Å². The van der Waals surface area contributed by atoms with E-state index in [-0.39, 0.29) is 6.17 Å². The Bertz CT molecular complexity index is 350. The SMILES string of the molecule is CC1=C(CN=CN)NC=NC1[N+]1=CC1. The van der Waals surface area contributed by atoms with Crippen LogP contribution < -0.4 is 11.1 Å². The lowest BCUT2D eigenvalue weighted by Crippen LogP contribution is -2.29. The van der Waals surface area contributed by atoms with Crippen LogP contribution >= 0.6 is 0 Å². The Kier molecular flexibility index (Phi) is 2.30. The molecular weight excluding hydrogens is 178 g/mol. The lowest BCUT2D eigenvalue weighted by Gasteiger charge is -2.15. The molecule has 0 aromatic carbocycles. The summed E-state index contributed by atoms with van der Waals surface area (Å²) in [4.78, 5) is 8.35. The highest BCUT2D eigenvalue weighted by atomic mass is 15.2. The van der Waals surface area contributed by atoms with Gasteiger partial charge >= 0.3 is 0 Å². The standard InChI is InChI=1S/C9H14N5/c1-7-8(4-11-5-10)12-6-13-9(7)14-2-3-14/h2,5-6,9H,3-4H2,1H3,(H2,10,11)(H,12,13)/q+1. The van der Waals surface area contributed by atoms with Crippen molar-refractivity contribution in [2.24, 2.45) is 15.7 Å². The number of hydrogen-bond acceptors (Lipinski definition) is 3. The minimum absolute atomic E-state index is 0.166. The molecule has 0 aliphatic carbocycles. The number of aliphatic imine (C=N–C) groups is 2. The average Bonchev–Trinajstić information content (AvgIpc) is 3.00. The van der Waals surface area contributed by atoms with Crippen molar-refractivity contribution < 1.29 is 4.58 Å². The van der Waals surface area contributed by atoms with Crippen LogP contribution in [0, 0.1) is 0 Å². The van der Waals surface area contributed by atoms with Gasteiger partial charge in [0.05, 0.1) is 19.2 Å². The number of hydrogen-bond donors (Lipinski definition) is 2. The molecule has 2 aliphatic rings. The van der Waals surface area contributed by atoms with Gasteiger partial charge in [-0.05, 0) is 6.92 Å². The summed E-state index contributed by atoms with van der Waals surface area (Å²) in [5.41, 5.74) is 7.51. The maximum absolute atomic E-state index is 5.21. The summed E-state index contributed by atoms with van der Waals surface area (Å²) in [6.45, 7) is 3.69. The highest BCUT2D eigenvalue weighted by Gasteiger charge is 2.32. The first-order valence-electron chi connectivity index (χ1n) is 4.60. The zero-order valence-electron chi connectivity index (χ0n) is 8.14. The fraction of sp³-hybridized carbons (Fsp3) is 0.444. The van der Waals surface area contributed by atoms with Gasteiger partial charge in [0.25, 0.3) is 6.17 Å². The van der Waals surface area contributed by atoms with Crippen molar-refractivity contribution in [3.8, 4) is 0 Å². The molecule has 2 aliphatic heterocycles. The second-order valence-electron chi connectivity index (χ2n) is 3.33. The third-order valence-corrected chi connectivity index (χ3v) is 2.38. The molecule has 0 radical (unpaired) electrons. The monoisotopic (exact) mass is 192 g/mol. The van der Waals surface area contributed by atoms with E-state index in [1.807, 2.05) is 0 Å². The molecule has 0 aromatic rings. The van der Waals surface area contributed by atoms with Gasteiger partial charge in [0.1, 0.15) is 0 Å². The van der Waals surface area contributed by atoms with Crippen molar-refractivity contribution in [2.45, 2.75) is 13.1 Å². The fourth-order valence-corrected chi connectivity index (χ4v) is 1.46. The van der Waals surface area contributed by atoms with Crippen LogP contribution in [0.25, 0.3) is 0 Å². The minimum Gasteiger partial charge on any atom is -0.390 e. The van der Waals surface area contributed by atoms with Gasteiger partial charge in [-0.3, -0.25) is 4.99 Å². The Morgan fingerprint density at radius 1 is 1.86 bits per heavy atom. The fourth-order valence-electron chi connectivity index (χ4n) is 1.46. The lowest BCUT2D eigenvalue weighted by atomic mass is 10.1. The Balaban J connectivity index is 2.13. The van der Waals surface area contributed by atoms with E-state index in [4.69, 9.17) is 5.73 Å². The molecule has 14 heavy (non-hydrogen) atoms. The van der Waals surface area contributed by atoms with Crippen molar-refractivity contribution in [1.82, 2.24) is 5.32 Å². The molecule has 0 saturated heterocycles. The first-order valence-corrected chi connectivity index (χ1v) is 4.60. The van der Waals surface area contributed by atoms with Crippen molar-refractivity contribution in [2.75, 3.05) is 13.1 Å². The summed E-state index contributed by atoms with van der Waals surface area (Å²) in [6, 6.07) is 0. The van der Waals surface area contributed by atoms with Crippen LogP contribution in [0.4, 0.5) is 0 Å². The highest BCUT2D eigenvalue weighted by Crippen LogP contribution is 2.16. The summed E-state index contributed by atoms with van der Waals surface area (Å²) in [7, 11) is 0. The average molecular weight is 192 g/mol. The van der Waals surface area contributed by atoms with Crippen LogP contribution in [0.2, 0.25) is 0 Å². The molecule has 0 amide bonds. The van der Waals surface area contributed by atoms with E-state index in [9.17, 15) is 0 Å². The summed E-state index contributed by atoms with van der Waals surface area (Å²) >= 11 is 0. The first-order chi connectivity index (χ1) is 6.83. The van der Waals surface area contributed by atoms with Crippen molar-refractivity contribution in [3.05, 3.63) is 11.3 Å². The van der Waals surface area contributed by atoms with E-state index < -0.39 is 0 Å². The topological polar surface area (TPSA) is 65.8 Å². The van der Waals surface area contributed by atoms with E-state index >= 15 is 0 Å². The Morgan fingerprint density at radius 3 is 3.29 bits per heavy atom. The highest BCUT2D eigenvalue weighted by molar-refractivity contribution is 5.64. The van der Waals surface area contributed by atoms with Crippen LogP contribution in [0.5, 0.6) is 0 Å². The van der Waals surface area contributed by atoms with E-state index in [2.05, 4.69) is 33.0 Å². The largest absolute Gasteiger partial charge is 0.390 e. The maximum atomic E-state index is 5.21. The third-order valence-electron chi connectivity index (χ3n) is 2.38. The van der Waals surface area contributed by atoms with Gasteiger partial charge in [0.2, 0.25) is 12.8 Å². The van der Waals surface area contributed by atoms with Crippen LogP contribution in [0.1, 0.15) is 6.92 Å². The zero-order valence-corrected chi connectivity index (χ0v) is 8.14. The number of nitrogens with two attached hydrogens (primary N) is 1. The maximum Gasteiger partial charge on any atom is 0.271 e. The normalized spacial score (nSPS) is 25.2. The third kappa shape index (κ3) is 1.66. The molecule has 1 atom stereocenters. The van der Waals surface area contributed by atoms with Crippen LogP contribution in [0.3, 0.4) is 0 Å². The van der Waals surface area contributed by atoms with Crippen molar-refractivity contribution >= 4 is 18.9 Å². The summed E-state index contributed by atoms with van der Waals surface area (Å²) < 4.78 is 2.18. The Labute approximate surface area is 82.7 Å². The lowest BCUT2D eigenvalue weighted by molar-refractivity contribution is -0.471. The second-order valence-corrected chi connectivity index (χ2v) is 3.33. The Morgan fingerprint density at radius 2 is 2.64 bits per heavy atom. The smallest absolute Gasteiger partial charge is 0.271 e. The van der Waals surface area contributed by atoms with Gasteiger partial charge in [-0.25, -0.2) is 4.99 Å². The predicted octanol–water partition coefficient (Wildman–Crippen LogP) is -0.698. The van der Waals surface area contributed by atoms with Gasteiger partial charge in [-0.1, -0.05) is 0 Å². The van der Waals surface area contributed by atoms with Crippen LogP contribution in [-0.4, -0.2) is 42.7 Å². The number of rotatable bonds is 3. The summed E-state index contributed by atoms with van der Waals surface area (Å²) in [5, 5.41) is 3.09.